The summed E-state index contributed by atoms with van der Waals surface area (Å²) in [6.07, 6.45) is 2.28. The molecule has 6 heteroatoms. The van der Waals surface area contributed by atoms with Crippen molar-refractivity contribution < 1.29 is 27.0 Å². The Hall–Kier alpha value is -1.23. The van der Waals surface area contributed by atoms with Gasteiger partial charge in [0.1, 0.15) is 0 Å². The van der Waals surface area contributed by atoms with E-state index in [0.717, 1.165) is 6.42 Å². The first-order valence-electron chi connectivity index (χ1n) is 3.77. The lowest BCUT2D eigenvalue weighted by Crippen LogP contribution is -3.00. The van der Waals surface area contributed by atoms with Gasteiger partial charge in [0, 0.05) is 0 Å². The van der Waals surface area contributed by atoms with Gasteiger partial charge in [0.2, 0.25) is 6.20 Å². The number of aromatic nitrogens is 2. The molecule has 1 heterocycles. The highest BCUT2D eigenvalue weighted by Crippen LogP contribution is 2.05. The van der Waals surface area contributed by atoms with Crippen molar-refractivity contribution in [1.82, 2.24) is 5.10 Å². The predicted octanol–water partition coefficient (Wildman–Crippen LogP) is -3.02. The average Bonchev–Trinajstić information content (AvgIpc) is 2.47. The second kappa shape index (κ2) is 5.42. The second-order valence-electron chi connectivity index (χ2n) is 2.38. The fourth-order valence-corrected chi connectivity index (χ4v) is 0.772. The number of carbonyl (C=O) groups excluding carboxylic acids is 1. The van der Waals surface area contributed by atoms with Crippen LogP contribution in [0, 0.1) is 0 Å². The van der Waals surface area contributed by atoms with Crippen molar-refractivity contribution in [3.63, 3.8) is 0 Å². The minimum absolute atomic E-state index is 0. The number of hydrogen-bond acceptors (Lipinski definition) is 3. The van der Waals surface area contributed by atoms with Crippen LogP contribution in [0.4, 0.5) is 5.82 Å². The van der Waals surface area contributed by atoms with E-state index in [1.165, 1.54) is 6.20 Å². The number of carbonyl (C=O) groups is 1. The van der Waals surface area contributed by atoms with Gasteiger partial charge in [0.15, 0.2) is 11.4 Å². The Balaban J connectivity index is 0.00000144. The number of hydrogen-bond donors (Lipinski definition) is 2. The number of rotatable bonds is 3. The van der Waals surface area contributed by atoms with Gasteiger partial charge >= 0.3 is 5.97 Å². The number of H-pyrrole nitrogens is 2. The second-order valence-corrected chi connectivity index (χ2v) is 2.38. The molecule has 0 aromatic carbocycles. The van der Waals surface area contributed by atoms with Crippen molar-refractivity contribution in [2.45, 2.75) is 13.3 Å². The van der Waals surface area contributed by atoms with Gasteiger partial charge in [-0.1, -0.05) is 6.92 Å². The van der Waals surface area contributed by atoms with Crippen LogP contribution < -0.4 is 23.2 Å². The minimum atomic E-state index is -0.396. The van der Waals surface area contributed by atoms with Crippen LogP contribution in [-0.2, 0) is 4.74 Å². The molecule has 0 fully saturated rings. The molecule has 0 aliphatic carbocycles. The number of nitrogens with two attached hydrogens (primary N) is 1. The van der Waals surface area contributed by atoms with Crippen LogP contribution in [0.1, 0.15) is 23.7 Å². The van der Waals surface area contributed by atoms with E-state index in [1.54, 1.807) is 0 Å². The molecule has 1 rings (SSSR count). The average molecular weight is 206 g/mol. The summed E-state index contributed by atoms with van der Waals surface area (Å²) in [6.45, 7) is 2.35. The van der Waals surface area contributed by atoms with Crippen LogP contribution in [-0.4, -0.2) is 17.7 Å². The number of nitrogen functional groups attached to an aromatic ring is 1. The van der Waals surface area contributed by atoms with Crippen molar-refractivity contribution in [1.29, 1.82) is 0 Å². The van der Waals surface area contributed by atoms with Crippen LogP contribution in [0.25, 0.3) is 0 Å². The van der Waals surface area contributed by atoms with E-state index >= 15 is 0 Å². The Kier molecular flexibility index (Phi) is 4.91. The lowest BCUT2D eigenvalue weighted by Gasteiger charge is -1.98. The van der Waals surface area contributed by atoms with Gasteiger partial charge in [-0.25, -0.2) is 4.79 Å². The van der Waals surface area contributed by atoms with Crippen molar-refractivity contribution >= 4 is 11.8 Å². The van der Waals surface area contributed by atoms with Crippen LogP contribution in [0.5, 0.6) is 0 Å². The Labute approximate surface area is 82.1 Å². The van der Waals surface area contributed by atoms with E-state index in [2.05, 4.69) is 10.2 Å². The maximum Gasteiger partial charge on any atom is 0.348 e. The van der Waals surface area contributed by atoms with Crippen molar-refractivity contribution in [3.05, 3.63) is 11.8 Å². The molecule has 1 aromatic rings. The zero-order valence-corrected chi connectivity index (χ0v) is 8.02. The first-order valence-corrected chi connectivity index (χ1v) is 3.77. The van der Waals surface area contributed by atoms with E-state index in [0.29, 0.717) is 18.0 Å². The predicted molar refractivity (Wildman–Crippen MR) is 42.3 cm³/mol. The fraction of sp³-hybridized carbons (Fsp3) is 0.429. The molecule has 0 radical (unpaired) electrons. The van der Waals surface area contributed by atoms with Gasteiger partial charge in [-0.05, 0) is 6.42 Å². The number of esters is 1. The third-order valence-corrected chi connectivity index (χ3v) is 1.37. The molecule has 74 valence electrons. The van der Waals surface area contributed by atoms with Crippen LogP contribution in [0.3, 0.4) is 0 Å². The standard InChI is InChI=1S/C7H11N3O2.ClH/c1-2-3-12-7(11)5-4-9-10-6(5)8;/h4H,2-3H2,1H3,(H3,8,9,10);1H. The summed E-state index contributed by atoms with van der Waals surface area (Å²) >= 11 is 0. The van der Waals surface area contributed by atoms with Gasteiger partial charge < -0.3 is 22.9 Å². The summed E-state index contributed by atoms with van der Waals surface area (Å²) < 4.78 is 4.86. The van der Waals surface area contributed by atoms with Gasteiger partial charge in [0.05, 0.1) is 6.61 Å². The summed E-state index contributed by atoms with van der Waals surface area (Å²) in [5.41, 5.74) is 5.78. The van der Waals surface area contributed by atoms with Gasteiger partial charge in [0.25, 0.3) is 0 Å². The monoisotopic (exact) mass is 205 g/mol. The summed E-state index contributed by atoms with van der Waals surface area (Å²) in [5.74, 6) is -0.0945. The normalized spacial score (nSPS) is 9.00. The molecule has 0 atom stereocenters. The highest BCUT2D eigenvalue weighted by molar-refractivity contribution is 5.93. The fourth-order valence-electron chi connectivity index (χ4n) is 0.772. The Morgan fingerprint density at radius 1 is 1.77 bits per heavy atom. The van der Waals surface area contributed by atoms with Crippen LogP contribution in [0.2, 0.25) is 0 Å². The molecule has 13 heavy (non-hydrogen) atoms. The molecule has 0 aliphatic rings. The van der Waals surface area contributed by atoms with E-state index in [-0.39, 0.29) is 12.4 Å². The Morgan fingerprint density at radius 2 is 2.46 bits per heavy atom. The number of halogens is 1. The number of aromatic amines is 2. The zero-order chi connectivity index (χ0) is 8.97. The Bertz CT molecular complexity index is 274. The highest BCUT2D eigenvalue weighted by atomic mass is 35.5. The molecule has 0 unspecified atom stereocenters. The first kappa shape index (κ1) is 11.8. The van der Waals surface area contributed by atoms with Gasteiger partial charge in [-0.2, -0.15) is 5.10 Å². The van der Waals surface area contributed by atoms with E-state index < -0.39 is 5.97 Å². The van der Waals surface area contributed by atoms with Crippen LogP contribution in [0.15, 0.2) is 6.20 Å². The van der Waals surface area contributed by atoms with Crippen molar-refractivity contribution in [2.75, 3.05) is 12.3 Å². The molecule has 0 amide bonds. The molecule has 0 aliphatic heterocycles. The summed E-state index contributed by atoms with van der Waals surface area (Å²) in [4.78, 5) is 11.1. The first-order chi connectivity index (χ1) is 5.75. The summed E-state index contributed by atoms with van der Waals surface area (Å²) in [5, 5.41) is 5.18. The largest absolute Gasteiger partial charge is 1.00 e. The van der Waals surface area contributed by atoms with E-state index in [4.69, 9.17) is 10.5 Å². The van der Waals surface area contributed by atoms with Crippen LogP contribution >= 0.6 is 0 Å². The SMILES string of the molecule is CCCOC(=O)c1c[nH+][nH]c1N.[Cl-]. The van der Waals surface area contributed by atoms with E-state index in [9.17, 15) is 4.79 Å². The third-order valence-electron chi connectivity index (χ3n) is 1.37. The molecule has 1 aromatic heterocycles. The lowest BCUT2D eigenvalue weighted by atomic mass is 10.3. The molecule has 0 saturated heterocycles. The topological polar surface area (TPSA) is 82.2 Å². The minimum Gasteiger partial charge on any atom is -1.00 e. The lowest BCUT2D eigenvalue weighted by molar-refractivity contribution is -0.447. The quantitative estimate of drug-likeness (QED) is 0.516. The molecule has 4 N–H and O–H groups in total. The van der Waals surface area contributed by atoms with E-state index in [1.807, 2.05) is 6.92 Å². The summed E-state index contributed by atoms with van der Waals surface area (Å²) in [6, 6.07) is 0. The molecular formula is C7H12ClN3O2. The zero-order valence-electron chi connectivity index (χ0n) is 7.26. The smallest absolute Gasteiger partial charge is 0.348 e. The third kappa shape index (κ3) is 2.95. The van der Waals surface area contributed by atoms with Crippen molar-refractivity contribution in [3.8, 4) is 0 Å². The molecule has 0 saturated carbocycles. The van der Waals surface area contributed by atoms with Gasteiger partial charge in [-0.3, -0.25) is 0 Å². The Morgan fingerprint density at radius 3 is 2.92 bits per heavy atom. The highest BCUT2D eigenvalue weighted by Gasteiger charge is 2.15. The maximum atomic E-state index is 11.1. The van der Waals surface area contributed by atoms with Crippen molar-refractivity contribution in [2.24, 2.45) is 0 Å². The number of anilines is 1. The number of nitrogens with one attached hydrogen (secondary N) is 2. The molecular weight excluding hydrogens is 194 g/mol. The molecule has 0 spiro atoms. The summed E-state index contributed by atoms with van der Waals surface area (Å²) in [7, 11) is 0. The molecule has 5 nitrogen and oxygen atoms in total. The number of ether oxygens (including phenoxy) is 1. The maximum absolute atomic E-state index is 11.1. The van der Waals surface area contributed by atoms with Gasteiger partial charge in [-0.15, -0.1) is 5.10 Å². The molecule has 0 bridgehead atoms.